The average molecular weight is 1430 g/mol. The topological polar surface area (TPSA) is 239 Å². The van der Waals surface area contributed by atoms with Gasteiger partial charge in [0.2, 0.25) is 23.1 Å². The summed E-state index contributed by atoms with van der Waals surface area (Å²) in [7, 11) is 0. The Balaban J connectivity index is 0.000000159. The van der Waals surface area contributed by atoms with E-state index >= 15 is 0 Å². The molecule has 0 aliphatic heterocycles. The number of alkyl halides is 12. The molecule has 8 aromatic rings. The number of carbonyl (C=O) groups is 4. The molecule has 0 heterocycles. The Morgan fingerprint density at radius 2 is 0.387 bits per heavy atom. The molecule has 0 atom stereocenters. The SMILES string of the molecule is O=C1c2ccccc2-c2ccc(C(=[OH+])[CH-]C(=[OH+])C(F)(F)F)cc21.O=C1c2ccccc2-c2ccc(C(=[OH+])[CH-]C(=[OH+])C(F)(F)F)cc21.O=C1c2ccccc2-c2ccc(C(=[OH+])[CH-]C(=[OH+])C(F)(F)F)cc21.O=C1c2ccccc2-c2ccc(C(=[OH+])[CH-]C(=[OH+])C(F)(F)F)cc21.[Eu+3]. The number of carbonyl (C=O) groups excluding carboxylic acids is 12. The fraction of sp³-hybridized carbons (Fsp3) is 0.0588. The molecule has 4 aliphatic rings. The Morgan fingerprint density at radius 1 is 0.237 bits per heavy atom. The molecule has 8 aromatic carbocycles. The van der Waals surface area contributed by atoms with Crippen LogP contribution in [0.15, 0.2) is 170 Å². The molecule has 8 N–H and O–H groups in total. The number of hydrogen-bond acceptors (Lipinski definition) is 4. The number of benzene rings is 8. The summed E-state index contributed by atoms with van der Waals surface area (Å²) in [6.07, 6.45) is -18.9. The van der Waals surface area contributed by atoms with Gasteiger partial charge in [0.25, 0.3) is 0 Å². The monoisotopic (exact) mass is 1430 g/mol. The molecule has 0 bridgehead atoms. The van der Waals surface area contributed by atoms with Crippen LogP contribution in [0.5, 0.6) is 0 Å². The first-order chi connectivity index (χ1) is 43.1. The van der Waals surface area contributed by atoms with E-state index in [9.17, 15) is 91.0 Å². The van der Waals surface area contributed by atoms with Crippen LogP contribution in [0.25, 0.3) is 44.5 Å². The van der Waals surface area contributed by atoms with Gasteiger partial charge in [0.15, 0.2) is 23.1 Å². The van der Waals surface area contributed by atoms with E-state index in [0.29, 0.717) is 66.8 Å². The van der Waals surface area contributed by atoms with Crippen LogP contribution >= 0.6 is 0 Å². The van der Waals surface area contributed by atoms with Gasteiger partial charge in [-0.2, -0.15) is 52.7 Å². The third-order valence-corrected chi connectivity index (χ3v) is 14.3. The molecule has 0 saturated carbocycles. The van der Waals surface area contributed by atoms with Crippen molar-refractivity contribution in [1.29, 1.82) is 0 Å². The van der Waals surface area contributed by atoms with E-state index in [4.69, 9.17) is 19.2 Å². The van der Waals surface area contributed by atoms with Crippen molar-refractivity contribution >= 4 is 69.4 Å². The molecule has 0 amide bonds. The zero-order chi connectivity index (χ0) is 67.1. The van der Waals surface area contributed by atoms with Crippen LogP contribution in [-0.2, 0) is 0 Å². The first-order valence-corrected chi connectivity index (χ1v) is 26.4. The van der Waals surface area contributed by atoms with Crippen LogP contribution in [0.1, 0.15) is 85.9 Å². The maximum absolute atomic E-state index is 12.3. The van der Waals surface area contributed by atoms with E-state index in [0.717, 1.165) is 22.3 Å². The van der Waals surface area contributed by atoms with Crippen molar-refractivity contribution in [2.75, 3.05) is 0 Å². The Labute approximate surface area is 556 Å². The second kappa shape index (κ2) is 26.7. The molecular formula is C68H40EuF12O12+7. The summed E-state index contributed by atoms with van der Waals surface area (Å²) in [6, 6.07) is 44.8. The summed E-state index contributed by atoms with van der Waals surface area (Å²) in [5.74, 6) is -11.8. The summed E-state index contributed by atoms with van der Waals surface area (Å²) < 4.78 is 147. The Hall–Kier alpha value is -9.98. The number of hydrogen-bond donors (Lipinski definition) is 0. The number of rotatable bonds is 12. The molecular weight excluding hydrogens is 1390 g/mol. The van der Waals surface area contributed by atoms with E-state index in [-0.39, 0.29) is 120 Å². The summed E-state index contributed by atoms with van der Waals surface area (Å²) in [6.45, 7) is 0. The summed E-state index contributed by atoms with van der Waals surface area (Å²) in [5, 5.41) is 0. The second-order valence-electron chi connectivity index (χ2n) is 20.2. The van der Waals surface area contributed by atoms with Gasteiger partial charge >= 0.3 is 97.2 Å². The van der Waals surface area contributed by atoms with E-state index in [1.807, 2.05) is 0 Å². The molecule has 0 saturated heterocycles. The molecule has 4 aliphatic carbocycles. The van der Waals surface area contributed by atoms with Crippen LogP contribution in [0.4, 0.5) is 52.7 Å². The third kappa shape index (κ3) is 14.5. The van der Waals surface area contributed by atoms with Crippen molar-refractivity contribution in [1.82, 2.24) is 0 Å². The zero-order valence-corrected chi connectivity index (χ0v) is 49.0. The van der Waals surface area contributed by atoms with E-state index in [2.05, 4.69) is 0 Å². The minimum Gasteiger partial charge on any atom is -0.313 e. The van der Waals surface area contributed by atoms with E-state index in [1.54, 1.807) is 121 Å². The second-order valence-corrected chi connectivity index (χ2v) is 20.2. The predicted molar refractivity (Wildman–Crippen MR) is 315 cm³/mol. The minimum absolute atomic E-state index is 0. The Morgan fingerprint density at radius 3 is 0.548 bits per heavy atom. The molecule has 12 rings (SSSR count). The van der Waals surface area contributed by atoms with Gasteiger partial charge in [-0.15, -0.1) is 48.5 Å². The van der Waals surface area contributed by atoms with E-state index in [1.165, 1.54) is 48.5 Å². The van der Waals surface area contributed by atoms with Gasteiger partial charge in [0.1, 0.15) is 0 Å². The molecule has 0 unspecified atom stereocenters. The van der Waals surface area contributed by atoms with Crippen molar-refractivity contribution in [3.63, 3.8) is 0 Å². The zero-order valence-electron chi connectivity index (χ0n) is 46.6. The summed E-state index contributed by atoms with van der Waals surface area (Å²) in [4.78, 5) is 124. The van der Waals surface area contributed by atoms with Gasteiger partial charge < -0.3 is 19.2 Å². The van der Waals surface area contributed by atoms with Crippen LogP contribution in [0.2, 0.25) is 0 Å². The molecule has 0 radical (unpaired) electrons. The minimum atomic E-state index is -4.95. The predicted octanol–water partition coefficient (Wildman–Crippen LogP) is 12.4. The van der Waals surface area contributed by atoms with E-state index < -0.39 is 71.0 Å². The number of ketones is 12. The van der Waals surface area contributed by atoms with Gasteiger partial charge in [-0.1, -0.05) is 144 Å². The quantitative estimate of drug-likeness (QED) is 0.0381. The molecule has 25 heteroatoms. The fourth-order valence-corrected chi connectivity index (χ4v) is 9.93. The normalized spacial score (nSPS) is 12.4. The largest absolute Gasteiger partial charge is 3.00 e. The number of halogens is 12. The van der Waals surface area contributed by atoms with Crippen LogP contribution in [-0.4, -0.2) is 132 Å². The van der Waals surface area contributed by atoms with Crippen molar-refractivity contribution in [2.24, 2.45) is 0 Å². The summed E-state index contributed by atoms with van der Waals surface area (Å²) in [5.41, 5.74) is 8.90. The average Bonchev–Trinajstić information content (AvgIpc) is 1.65. The summed E-state index contributed by atoms with van der Waals surface area (Å²) >= 11 is 0. The first-order valence-electron chi connectivity index (χ1n) is 26.4. The Bertz CT molecular complexity index is 3980. The molecule has 12 nitrogen and oxygen atoms in total. The van der Waals surface area contributed by atoms with Crippen molar-refractivity contribution in [3.8, 4) is 44.5 Å². The third-order valence-electron chi connectivity index (χ3n) is 14.3. The molecule has 0 spiro atoms. The maximum atomic E-state index is 12.3. The van der Waals surface area contributed by atoms with Gasteiger partial charge in [-0.05, 0) is 44.5 Å². The van der Waals surface area contributed by atoms with Gasteiger partial charge in [-0.25, -0.2) is 0 Å². The van der Waals surface area contributed by atoms with Crippen LogP contribution in [0, 0.1) is 75.1 Å². The molecule has 0 fully saturated rings. The van der Waals surface area contributed by atoms with Crippen molar-refractivity contribution < 1.29 is 160 Å². The Kier molecular flexibility index (Phi) is 19.8. The smallest absolute Gasteiger partial charge is 0.313 e. The number of fused-ring (bicyclic) bond motifs is 12. The van der Waals surface area contributed by atoms with Gasteiger partial charge in [-0.3, -0.25) is 38.4 Å². The maximum Gasteiger partial charge on any atom is 3.00 e. The van der Waals surface area contributed by atoms with Gasteiger partial charge in [0.05, 0.1) is 0 Å². The van der Waals surface area contributed by atoms with Crippen LogP contribution in [0.3, 0.4) is 0 Å². The molecule has 468 valence electrons. The van der Waals surface area contributed by atoms with Crippen molar-refractivity contribution in [3.05, 3.63) is 262 Å². The fourth-order valence-electron chi connectivity index (χ4n) is 9.93. The van der Waals surface area contributed by atoms with Crippen molar-refractivity contribution in [2.45, 2.75) is 24.7 Å². The first kappa shape index (κ1) is 68.9. The molecule has 93 heavy (non-hydrogen) atoms. The molecule has 0 aromatic heterocycles. The standard InChI is InChI=1S/4C17H8F3O3.Eu/c4*18-17(19,20)15(22)8-14(21)9-5-6-11-10-3-1-2-4-12(10)16(23)13(11)7-9;/h4*1-8H;/q4*-1;+3/p+8. The van der Waals surface area contributed by atoms with Crippen LogP contribution < -0.4 is 0 Å². The van der Waals surface area contributed by atoms with Gasteiger partial charge in [0, 0.05) is 70.2 Å².